The number of carbonyl (C=O) groups excluding carboxylic acids is 1. The van der Waals surface area contributed by atoms with Crippen molar-refractivity contribution in [1.82, 2.24) is 10.6 Å². The highest BCUT2D eigenvalue weighted by atomic mass is 32.2. The molecule has 1 aliphatic rings. The minimum absolute atomic E-state index is 0.212. The summed E-state index contributed by atoms with van der Waals surface area (Å²) in [6.07, 6.45) is 5.99. The Morgan fingerprint density at radius 3 is 2.33 bits per heavy atom. The SMILES string of the molecule is CC(N(CNC(=O)NC[n+]1c(/C=C/C=C2\Oc3ccc4ccccc4c3N2CCCS(=O)(=O)O)sc2ccc3ccccc3c21)c1ccccc1)[Si](C)(C)C. The largest absolute Gasteiger partial charge is 0.439 e. The lowest BCUT2D eigenvalue weighted by Gasteiger charge is -2.38. The number of thiazole rings is 1. The van der Waals surface area contributed by atoms with E-state index in [1.807, 2.05) is 89.9 Å². The first kappa shape index (κ1) is 38.1. The van der Waals surface area contributed by atoms with E-state index >= 15 is 0 Å². The van der Waals surface area contributed by atoms with Crippen LogP contribution < -0.4 is 29.7 Å². The Balaban J connectivity index is 1.17. The van der Waals surface area contributed by atoms with Crippen molar-refractivity contribution in [3.8, 4) is 5.75 Å². The van der Waals surface area contributed by atoms with E-state index in [1.165, 1.54) is 0 Å². The van der Waals surface area contributed by atoms with Crippen LogP contribution in [-0.2, 0) is 16.8 Å². The van der Waals surface area contributed by atoms with Gasteiger partial charge in [0.2, 0.25) is 18.1 Å². The van der Waals surface area contributed by atoms with Gasteiger partial charge in [0.05, 0.1) is 31.6 Å². The Bertz CT molecular complexity index is 2530. The van der Waals surface area contributed by atoms with Gasteiger partial charge >= 0.3 is 6.03 Å². The summed E-state index contributed by atoms with van der Waals surface area (Å²) in [5.41, 5.74) is 3.24. The van der Waals surface area contributed by atoms with Crippen LogP contribution in [0.25, 0.3) is 37.8 Å². The summed E-state index contributed by atoms with van der Waals surface area (Å²) in [6, 6.07) is 34.3. The summed E-state index contributed by atoms with van der Waals surface area (Å²) in [5.74, 6) is 0.864. The van der Waals surface area contributed by atoms with Gasteiger partial charge in [0.1, 0.15) is 4.70 Å². The van der Waals surface area contributed by atoms with Crippen LogP contribution in [0.1, 0.15) is 18.4 Å². The number of anilines is 2. The lowest BCUT2D eigenvalue weighted by molar-refractivity contribution is -0.671. The topological polar surface area (TPSA) is 115 Å². The maximum atomic E-state index is 13.5. The molecule has 1 aliphatic heterocycles. The van der Waals surface area contributed by atoms with Gasteiger partial charge in [-0.1, -0.05) is 104 Å². The fraction of sp³-hybridized carbons (Fsp3) is 0.238. The van der Waals surface area contributed by atoms with Gasteiger partial charge in [0.15, 0.2) is 5.75 Å². The van der Waals surface area contributed by atoms with Crippen molar-refractivity contribution in [2.24, 2.45) is 0 Å². The van der Waals surface area contributed by atoms with E-state index in [0.29, 0.717) is 24.8 Å². The van der Waals surface area contributed by atoms with Crippen LogP contribution in [0, 0.1) is 0 Å². The Kier molecular flexibility index (Phi) is 11.0. The van der Waals surface area contributed by atoms with E-state index in [2.05, 4.69) is 83.1 Å². The fourth-order valence-electron chi connectivity index (χ4n) is 6.90. The number of ether oxygens (including phenoxy) is 1. The summed E-state index contributed by atoms with van der Waals surface area (Å²) in [5, 5.41) is 11.4. The van der Waals surface area contributed by atoms with Gasteiger partial charge in [0.25, 0.3) is 15.1 Å². The molecule has 55 heavy (non-hydrogen) atoms. The molecule has 2 amide bonds. The number of aromatic nitrogens is 1. The number of para-hydroxylation sites is 1. The molecule has 7 rings (SSSR count). The molecule has 10 nitrogen and oxygen atoms in total. The Morgan fingerprint density at radius 2 is 1.60 bits per heavy atom. The number of nitrogens with zero attached hydrogens (tertiary/aromatic N) is 3. The average molecular weight is 793 g/mol. The molecule has 6 aromatic rings. The van der Waals surface area contributed by atoms with Crippen LogP contribution in [0.2, 0.25) is 19.6 Å². The average Bonchev–Trinajstić information content (AvgIpc) is 3.71. The minimum atomic E-state index is -4.12. The summed E-state index contributed by atoms with van der Waals surface area (Å²) in [4.78, 5) is 17.7. The zero-order chi connectivity index (χ0) is 38.7. The maximum absolute atomic E-state index is 13.5. The molecular weight excluding hydrogens is 747 g/mol. The van der Waals surface area contributed by atoms with E-state index in [1.54, 1.807) is 11.3 Å². The smallest absolute Gasteiger partial charge is 0.320 e. The quantitative estimate of drug-likeness (QED) is 0.0465. The number of rotatable bonds is 13. The van der Waals surface area contributed by atoms with Gasteiger partial charge in [0, 0.05) is 29.4 Å². The van der Waals surface area contributed by atoms with Gasteiger partial charge < -0.3 is 19.9 Å². The van der Waals surface area contributed by atoms with E-state index in [-0.39, 0.29) is 30.5 Å². The van der Waals surface area contributed by atoms with Gasteiger partial charge in [-0.25, -0.2) is 4.79 Å². The number of amides is 2. The zero-order valence-electron chi connectivity index (χ0n) is 31.4. The molecule has 1 unspecified atom stereocenters. The van der Waals surface area contributed by atoms with Crippen LogP contribution in [0.3, 0.4) is 0 Å². The highest BCUT2D eigenvalue weighted by Crippen LogP contribution is 2.44. The predicted octanol–water partition coefficient (Wildman–Crippen LogP) is 8.51. The number of benzene rings is 5. The third-order valence-corrected chi connectivity index (χ3v) is 14.8. The first-order chi connectivity index (χ1) is 26.4. The van der Waals surface area contributed by atoms with Crippen molar-refractivity contribution < 1.29 is 27.1 Å². The molecule has 0 saturated carbocycles. The molecule has 5 aromatic carbocycles. The molecule has 284 valence electrons. The summed E-state index contributed by atoms with van der Waals surface area (Å²) in [7, 11) is -5.70. The monoisotopic (exact) mass is 792 g/mol. The highest BCUT2D eigenvalue weighted by molar-refractivity contribution is 7.85. The van der Waals surface area contributed by atoms with Crippen molar-refractivity contribution in [1.29, 1.82) is 0 Å². The molecule has 0 fully saturated rings. The Labute approximate surface area is 327 Å². The molecule has 0 saturated heterocycles. The van der Waals surface area contributed by atoms with Crippen molar-refractivity contribution in [2.45, 2.75) is 45.3 Å². The van der Waals surface area contributed by atoms with Crippen LogP contribution >= 0.6 is 11.3 Å². The second kappa shape index (κ2) is 15.9. The third kappa shape index (κ3) is 8.55. The normalized spacial score (nSPS) is 14.5. The number of fused-ring (bicyclic) bond motifs is 6. The first-order valence-corrected chi connectivity index (χ1v) is 24.4. The predicted molar refractivity (Wildman–Crippen MR) is 228 cm³/mol. The molecule has 13 heteroatoms. The van der Waals surface area contributed by atoms with Gasteiger partial charge in [-0.2, -0.15) is 13.0 Å². The lowest BCUT2D eigenvalue weighted by atomic mass is 10.1. The summed E-state index contributed by atoms with van der Waals surface area (Å²) >= 11 is 1.62. The van der Waals surface area contributed by atoms with E-state index in [4.69, 9.17) is 4.74 Å². The van der Waals surface area contributed by atoms with Gasteiger partial charge in [-0.05, 0) is 66.6 Å². The van der Waals surface area contributed by atoms with Gasteiger partial charge in [-0.15, -0.1) is 0 Å². The number of carbonyl (C=O) groups is 1. The molecule has 0 bridgehead atoms. The molecule has 3 N–H and O–H groups in total. The Morgan fingerprint density at radius 1 is 0.927 bits per heavy atom. The van der Waals surface area contributed by atoms with E-state index < -0.39 is 18.2 Å². The Hall–Kier alpha value is -5.21. The molecule has 2 heterocycles. The molecule has 0 aliphatic carbocycles. The third-order valence-electron chi connectivity index (χ3n) is 10.1. The first-order valence-electron chi connectivity index (χ1n) is 18.4. The number of urea groups is 1. The van der Waals surface area contributed by atoms with E-state index in [9.17, 15) is 17.8 Å². The summed E-state index contributed by atoms with van der Waals surface area (Å²) in [6.45, 7) is 10.2. The van der Waals surface area contributed by atoms with Crippen molar-refractivity contribution >= 4 is 84.8 Å². The summed E-state index contributed by atoms with van der Waals surface area (Å²) < 4.78 is 42.2. The minimum Gasteiger partial charge on any atom is -0.439 e. The van der Waals surface area contributed by atoms with Crippen LogP contribution in [0.4, 0.5) is 16.2 Å². The number of allylic oxidation sites excluding steroid dienone is 2. The van der Waals surface area contributed by atoms with Crippen LogP contribution in [-0.4, -0.2) is 51.7 Å². The molecule has 0 radical (unpaired) electrons. The van der Waals surface area contributed by atoms with Crippen LogP contribution in [0.15, 0.2) is 121 Å². The van der Waals surface area contributed by atoms with Crippen molar-refractivity contribution in [2.75, 3.05) is 28.8 Å². The number of hydrogen-bond acceptors (Lipinski definition) is 7. The molecular formula is C42H46N5O5S2Si+. The molecule has 0 spiro atoms. The number of nitrogens with one attached hydrogen (secondary N) is 2. The highest BCUT2D eigenvalue weighted by Gasteiger charge is 2.30. The van der Waals surface area contributed by atoms with Gasteiger partial charge in [-0.3, -0.25) is 9.87 Å². The molecule has 1 atom stereocenters. The van der Waals surface area contributed by atoms with Crippen LogP contribution in [0.5, 0.6) is 5.75 Å². The lowest BCUT2D eigenvalue weighted by Crippen LogP contribution is -2.55. The van der Waals surface area contributed by atoms with Crippen molar-refractivity contribution in [3.63, 3.8) is 0 Å². The molecule has 1 aromatic heterocycles. The second-order valence-electron chi connectivity index (χ2n) is 14.7. The fourth-order valence-corrected chi connectivity index (χ4v) is 9.66. The van der Waals surface area contributed by atoms with E-state index in [0.717, 1.165) is 48.1 Å². The van der Waals surface area contributed by atoms with Crippen molar-refractivity contribution in [3.05, 3.63) is 126 Å². The zero-order valence-corrected chi connectivity index (χ0v) is 34.0. The second-order valence-corrected chi connectivity index (χ2v) is 22.9. The number of hydrogen-bond donors (Lipinski definition) is 3. The maximum Gasteiger partial charge on any atom is 0.320 e. The standard InChI is InChI=1S/C42H45N5O5S2Si/c1-30(55(2,3)4)46(33-16-6-5-7-17-33)28-43-42(48)44-29-47-39(53-37-25-23-32-15-9-11-19-35(32)41(37)47)21-12-20-38-45(26-13-27-54(49,50)51)40-34-18-10-8-14-31(34)22-24-36(40)52-38/h5-12,14-25,30H,13,26-29H2,1-4H3,(H2-,43,44,48,49,50,51)/p+1.